The maximum Gasteiger partial charge on any atom is 0.295 e. The fraction of sp³-hybridized carbons (Fsp3) is 0.400. The van der Waals surface area contributed by atoms with Crippen LogP contribution in [-0.2, 0) is 0 Å². The third-order valence-electron chi connectivity index (χ3n) is 2.37. The molecule has 1 aromatic rings. The van der Waals surface area contributed by atoms with E-state index in [4.69, 9.17) is 5.73 Å². The van der Waals surface area contributed by atoms with Crippen LogP contribution in [-0.4, -0.2) is 17.5 Å². The molecule has 0 spiro atoms. The van der Waals surface area contributed by atoms with Gasteiger partial charge in [0.25, 0.3) is 5.69 Å². The van der Waals surface area contributed by atoms with Crippen molar-refractivity contribution in [3.63, 3.8) is 0 Å². The lowest BCUT2D eigenvalue weighted by molar-refractivity contribution is -0.384. The van der Waals surface area contributed by atoms with Crippen molar-refractivity contribution in [3.8, 4) is 0 Å². The maximum atomic E-state index is 13.2. The molecule has 0 saturated heterocycles. The Labute approximate surface area is 106 Å². The van der Waals surface area contributed by atoms with Crippen LogP contribution in [0.1, 0.15) is 13.3 Å². The van der Waals surface area contributed by atoms with Gasteiger partial charge in [-0.2, -0.15) is 0 Å². The summed E-state index contributed by atoms with van der Waals surface area (Å²) in [4.78, 5) is 10.2. The molecule has 0 aromatic heterocycles. The molecule has 0 aliphatic rings. The van der Waals surface area contributed by atoms with Crippen LogP contribution < -0.4 is 11.1 Å². The van der Waals surface area contributed by atoms with E-state index >= 15 is 0 Å². The average Bonchev–Trinajstić information content (AvgIpc) is 2.29. The van der Waals surface area contributed by atoms with E-state index in [-0.39, 0.29) is 21.9 Å². The van der Waals surface area contributed by atoms with E-state index in [9.17, 15) is 14.5 Å². The highest BCUT2D eigenvalue weighted by Gasteiger charge is 2.19. The Morgan fingerprint density at radius 3 is 2.76 bits per heavy atom. The zero-order valence-electron chi connectivity index (χ0n) is 9.24. The summed E-state index contributed by atoms with van der Waals surface area (Å²) < 4.78 is 13.4. The molecule has 0 amide bonds. The molecule has 3 N–H and O–H groups in total. The third kappa shape index (κ3) is 3.37. The maximum absolute atomic E-state index is 13.2. The van der Waals surface area contributed by atoms with E-state index in [0.717, 1.165) is 12.5 Å². The summed E-state index contributed by atoms with van der Waals surface area (Å²) in [5.41, 5.74) is 5.48. The van der Waals surface area contributed by atoms with Crippen molar-refractivity contribution in [2.75, 3.05) is 11.9 Å². The highest BCUT2D eigenvalue weighted by molar-refractivity contribution is 9.10. The topological polar surface area (TPSA) is 81.2 Å². The van der Waals surface area contributed by atoms with Crippen LogP contribution in [0.4, 0.5) is 15.8 Å². The lowest BCUT2D eigenvalue weighted by Gasteiger charge is -2.16. The zero-order chi connectivity index (χ0) is 13.0. The molecule has 0 saturated carbocycles. The Morgan fingerprint density at radius 1 is 1.65 bits per heavy atom. The van der Waals surface area contributed by atoms with Gasteiger partial charge >= 0.3 is 0 Å². The minimum Gasteiger partial charge on any atom is -0.375 e. The van der Waals surface area contributed by atoms with Crippen molar-refractivity contribution >= 4 is 27.3 Å². The molecule has 0 bridgehead atoms. The van der Waals surface area contributed by atoms with Gasteiger partial charge < -0.3 is 11.1 Å². The molecule has 0 aliphatic heterocycles. The molecule has 94 valence electrons. The van der Waals surface area contributed by atoms with Crippen molar-refractivity contribution in [2.45, 2.75) is 19.4 Å². The Balaban J connectivity index is 3.12. The molecule has 5 nitrogen and oxygen atoms in total. The highest BCUT2D eigenvalue weighted by Crippen LogP contribution is 2.31. The lowest BCUT2D eigenvalue weighted by atomic mass is 10.2. The molecular formula is C10H13BrFN3O2. The zero-order valence-corrected chi connectivity index (χ0v) is 10.8. The van der Waals surface area contributed by atoms with Gasteiger partial charge in [0.1, 0.15) is 11.5 Å². The van der Waals surface area contributed by atoms with Gasteiger partial charge in [0.15, 0.2) is 0 Å². The van der Waals surface area contributed by atoms with Crippen molar-refractivity contribution in [1.82, 2.24) is 0 Å². The first-order chi connectivity index (χ1) is 7.99. The summed E-state index contributed by atoms with van der Waals surface area (Å²) in [6.45, 7) is 2.26. The largest absolute Gasteiger partial charge is 0.375 e. The van der Waals surface area contributed by atoms with Gasteiger partial charge in [-0.05, 0) is 28.4 Å². The SMILES string of the molecule is CCC(CN)Nc1cc(Br)c(F)cc1[N+](=O)[O-]. The van der Waals surface area contributed by atoms with Gasteiger partial charge in [0, 0.05) is 12.6 Å². The minimum atomic E-state index is -0.664. The second-order valence-electron chi connectivity index (χ2n) is 3.53. The van der Waals surface area contributed by atoms with E-state index in [0.29, 0.717) is 6.54 Å². The molecule has 0 fully saturated rings. The predicted molar refractivity (Wildman–Crippen MR) is 67.5 cm³/mol. The van der Waals surface area contributed by atoms with E-state index < -0.39 is 10.7 Å². The number of nitro groups is 1. The van der Waals surface area contributed by atoms with Crippen molar-refractivity contribution in [1.29, 1.82) is 0 Å². The molecule has 17 heavy (non-hydrogen) atoms. The van der Waals surface area contributed by atoms with E-state index in [1.165, 1.54) is 6.07 Å². The fourth-order valence-corrected chi connectivity index (χ4v) is 1.69. The van der Waals surface area contributed by atoms with Crippen LogP contribution in [0.5, 0.6) is 0 Å². The van der Waals surface area contributed by atoms with E-state index in [1.807, 2.05) is 6.92 Å². The van der Waals surface area contributed by atoms with Crippen LogP contribution in [0.2, 0.25) is 0 Å². The van der Waals surface area contributed by atoms with Crippen LogP contribution in [0, 0.1) is 15.9 Å². The summed E-state index contributed by atoms with van der Waals surface area (Å²) in [5.74, 6) is -0.664. The number of anilines is 1. The number of hydrogen-bond donors (Lipinski definition) is 2. The molecular weight excluding hydrogens is 293 g/mol. The molecule has 1 atom stereocenters. The highest BCUT2D eigenvalue weighted by atomic mass is 79.9. The Morgan fingerprint density at radius 2 is 2.29 bits per heavy atom. The van der Waals surface area contributed by atoms with Gasteiger partial charge in [-0.25, -0.2) is 4.39 Å². The summed E-state index contributed by atoms with van der Waals surface area (Å²) in [7, 11) is 0. The Kier molecular flexibility index (Phi) is 4.83. The molecule has 0 aliphatic carbocycles. The monoisotopic (exact) mass is 305 g/mol. The molecule has 0 radical (unpaired) electrons. The van der Waals surface area contributed by atoms with Gasteiger partial charge in [-0.15, -0.1) is 0 Å². The fourth-order valence-electron chi connectivity index (χ4n) is 1.35. The first kappa shape index (κ1) is 13.9. The number of nitrogens with zero attached hydrogens (tertiary/aromatic N) is 1. The lowest BCUT2D eigenvalue weighted by Crippen LogP contribution is -2.28. The number of halogens is 2. The Bertz CT molecular complexity index is 424. The number of nitrogens with one attached hydrogen (secondary N) is 1. The van der Waals surface area contributed by atoms with Crippen molar-refractivity contribution in [3.05, 3.63) is 32.5 Å². The van der Waals surface area contributed by atoms with Gasteiger partial charge in [0.05, 0.1) is 15.5 Å². The molecule has 1 rings (SSSR count). The van der Waals surface area contributed by atoms with Crippen LogP contribution in [0.25, 0.3) is 0 Å². The van der Waals surface area contributed by atoms with E-state index in [1.54, 1.807) is 0 Å². The molecule has 0 heterocycles. The first-order valence-electron chi connectivity index (χ1n) is 5.09. The number of hydrogen-bond acceptors (Lipinski definition) is 4. The van der Waals surface area contributed by atoms with E-state index in [2.05, 4.69) is 21.2 Å². The summed E-state index contributed by atoms with van der Waals surface area (Å²) in [5, 5.41) is 13.7. The van der Waals surface area contributed by atoms with Gasteiger partial charge in [-0.1, -0.05) is 6.92 Å². The smallest absolute Gasteiger partial charge is 0.295 e. The molecule has 1 aromatic carbocycles. The summed E-state index contributed by atoms with van der Waals surface area (Å²) >= 11 is 2.99. The summed E-state index contributed by atoms with van der Waals surface area (Å²) in [6, 6.07) is 2.16. The Hall–Kier alpha value is -1.21. The normalized spacial score (nSPS) is 12.2. The number of nitrogens with two attached hydrogens (primary N) is 1. The molecule has 1 unspecified atom stereocenters. The number of benzene rings is 1. The average molecular weight is 306 g/mol. The predicted octanol–water partition coefficient (Wildman–Crippen LogP) is 2.65. The van der Waals surface area contributed by atoms with Crippen LogP contribution in [0.3, 0.4) is 0 Å². The van der Waals surface area contributed by atoms with Gasteiger partial charge in [0.2, 0.25) is 0 Å². The van der Waals surface area contributed by atoms with Gasteiger partial charge in [-0.3, -0.25) is 10.1 Å². The molecule has 7 heteroatoms. The van der Waals surface area contributed by atoms with Crippen LogP contribution >= 0.6 is 15.9 Å². The number of rotatable bonds is 5. The summed E-state index contributed by atoms with van der Waals surface area (Å²) in [6.07, 6.45) is 0.725. The van der Waals surface area contributed by atoms with Crippen molar-refractivity contribution in [2.24, 2.45) is 5.73 Å². The third-order valence-corrected chi connectivity index (χ3v) is 2.98. The second-order valence-corrected chi connectivity index (χ2v) is 4.38. The quantitative estimate of drug-likeness (QED) is 0.647. The van der Waals surface area contributed by atoms with Crippen molar-refractivity contribution < 1.29 is 9.31 Å². The van der Waals surface area contributed by atoms with Crippen LogP contribution in [0.15, 0.2) is 16.6 Å². The minimum absolute atomic E-state index is 0.0777. The first-order valence-corrected chi connectivity index (χ1v) is 5.88. The standard InChI is InChI=1S/C10H13BrFN3O2/c1-2-6(5-13)14-9-3-7(11)8(12)4-10(9)15(16)17/h3-4,6,14H,2,5,13H2,1H3. The second kappa shape index (κ2) is 5.92. The number of nitro benzene ring substituents is 1.